The first-order valence-electron chi connectivity index (χ1n) is 6.01. The average molecular weight is 349 g/mol. The van der Waals surface area contributed by atoms with Crippen LogP contribution in [0.5, 0.6) is 0 Å². The number of hydrogen-bond acceptors (Lipinski definition) is 2. The van der Waals surface area contributed by atoms with Crippen molar-refractivity contribution in [2.75, 3.05) is 17.2 Å². The normalized spacial score (nSPS) is 10.4. The minimum absolute atomic E-state index is 0.163. The number of nitrogens with one attached hydrogen (secondary N) is 2. The van der Waals surface area contributed by atoms with Crippen molar-refractivity contribution in [2.24, 2.45) is 0 Å². The number of rotatable bonds is 4. The molecule has 0 aromatic heterocycles. The Balaban J connectivity index is 2.02. The third kappa shape index (κ3) is 3.64. The molecule has 0 saturated heterocycles. The van der Waals surface area contributed by atoms with Crippen LogP contribution in [0.3, 0.4) is 0 Å². The van der Waals surface area contributed by atoms with Gasteiger partial charge in [0.05, 0.1) is 28.0 Å². The standard InChI is InChI=1S/C14H9Cl2F3N2O/c15-7-2-1-3-9(12(7)16)21-11(22)6-20-10-5-4-8(17)13(18)14(10)19/h1-5,20H,6H2,(H,21,22). The van der Waals surface area contributed by atoms with Crippen LogP contribution in [0.1, 0.15) is 0 Å². The van der Waals surface area contributed by atoms with E-state index in [2.05, 4.69) is 10.6 Å². The second-order valence-corrected chi connectivity index (χ2v) is 5.01. The van der Waals surface area contributed by atoms with Gasteiger partial charge in [-0.05, 0) is 24.3 Å². The van der Waals surface area contributed by atoms with Crippen LogP contribution in [0.25, 0.3) is 0 Å². The van der Waals surface area contributed by atoms with Crippen LogP contribution < -0.4 is 10.6 Å². The van der Waals surface area contributed by atoms with E-state index in [1.165, 1.54) is 6.07 Å². The number of halogens is 5. The van der Waals surface area contributed by atoms with E-state index in [9.17, 15) is 18.0 Å². The molecule has 0 fully saturated rings. The highest BCUT2D eigenvalue weighted by molar-refractivity contribution is 6.44. The van der Waals surface area contributed by atoms with Gasteiger partial charge in [0.25, 0.3) is 0 Å². The highest BCUT2D eigenvalue weighted by Crippen LogP contribution is 2.29. The van der Waals surface area contributed by atoms with Gasteiger partial charge in [0.15, 0.2) is 17.5 Å². The van der Waals surface area contributed by atoms with E-state index in [0.717, 1.165) is 12.1 Å². The summed E-state index contributed by atoms with van der Waals surface area (Å²) >= 11 is 11.7. The van der Waals surface area contributed by atoms with Crippen LogP contribution >= 0.6 is 23.2 Å². The van der Waals surface area contributed by atoms with Gasteiger partial charge in [-0.1, -0.05) is 29.3 Å². The van der Waals surface area contributed by atoms with E-state index in [1.54, 1.807) is 12.1 Å². The highest BCUT2D eigenvalue weighted by Gasteiger charge is 2.14. The van der Waals surface area contributed by atoms with E-state index in [0.29, 0.717) is 0 Å². The van der Waals surface area contributed by atoms with Gasteiger partial charge in [-0.2, -0.15) is 0 Å². The number of carbonyl (C=O) groups excluding carboxylic acids is 1. The molecule has 0 unspecified atom stereocenters. The van der Waals surface area contributed by atoms with Crippen LogP contribution in [-0.4, -0.2) is 12.5 Å². The molecule has 0 spiro atoms. The quantitative estimate of drug-likeness (QED) is 0.801. The van der Waals surface area contributed by atoms with Gasteiger partial charge >= 0.3 is 0 Å². The summed E-state index contributed by atoms with van der Waals surface area (Å²) in [7, 11) is 0. The molecule has 2 aromatic rings. The fraction of sp³-hybridized carbons (Fsp3) is 0.0714. The summed E-state index contributed by atoms with van der Waals surface area (Å²) in [5.74, 6) is -4.87. The lowest BCUT2D eigenvalue weighted by molar-refractivity contribution is -0.114. The van der Waals surface area contributed by atoms with Crippen molar-refractivity contribution in [1.29, 1.82) is 0 Å². The van der Waals surface area contributed by atoms with Crippen molar-refractivity contribution in [1.82, 2.24) is 0 Å². The predicted molar refractivity (Wildman–Crippen MR) is 79.9 cm³/mol. The Bertz CT molecular complexity index is 725. The van der Waals surface area contributed by atoms with Crippen molar-refractivity contribution >= 4 is 40.5 Å². The van der Waals surface area contributed by atoms with Crippen LogP contribution in [0, 0.1) is 17.5 Å². The zero-order valence-electron chi connectivity index (χ0n) is 10.9. The van der Waals surface area contributed by atoms with Crippen molar-refractivity contribution < 1.29 is 18.0 Å². The van der Waals surface area contributed by atoms with Crippen molar-refractivity contribution in [2.45, 2.75) is 0 Å². The van der Waals surface area contributed by atoms with Crippen LogP contribution in [0.2, 0.25) is 10.0 Å². The first-order valence-corrected chi connectivity index (χ1v) is 6.77. The van der Waals surface area contributed by atoms with Crippen molar-refractivity contribution in [3.8, 4) is 0 Å². The molecule has 0 heterocycles. The van der Waals surface area contributed by atoms with Gasteiger partial charge < -0.3 is 10.6 Å². The summed E-state index contributed by atoms with van der Waals surface area (Å²) in [5, 5.41) is 5.25. The fourth-order valence-electron chi connectivity index (χ4n) is 1.63. The first kappa shape index (κ1) is 16.5. The molecular weight excluding hydrogens is 340 g/mol. The molecule has 2 N–H and O–H groups in total. The molecule has 22 heavy (non-hydrogen) atoms. The molecule has 1 amide bonds. The van der Waals surface area contributed by atoms with E-state index in [-0.39, 0.29) is 28.0 Å². The highest BCUT2D eigenvalue weighted by atomic mass is 35.5. The first-order chi connectivity index (χ1) is 10.4. The molecule has 2 rings (SSSR count). The monoisotopic (exact) mass is 348 g/mol. The molecule has 3 nitrogen and oxygen atoms in total. The Labute approximate surface area is 134 Å². The SMILES string of the molecule is O=C(CNc1ccc(F)c(F)c1F)Nc1cccc(Cl)c1Cl. The third-order valence-corrected chi connectivity index (χ3v) is 3.52. The van der Waals surface area contributed by atoms with Crippen molar-refractivity contribution in [3.05, 3.63) is 57.8 Å². The maximum atomic E-state index is 13.4. The Morgan fingerprint density at radius 2 is 1.73 bits per heavy atom. The molecule has 0 bridgehead atoms. The summed E-state index contributed by atoms with van der Waals surface area (Å²) in [4.78, 5) is 11.7. The Kier molecular flexibility index (Phi) is 5.15. The zero-order chi connectivity index (χ0) is 16.3. The van der Waals surface area contributed by atoms with Gasteiger partial charge in [0.2, 0.25) is 5.91 Å². The zero-order valence-corrected chi connectivity index (χ0v) is 12.4. The largest absolute Gasteiger partial charge is 0.374 e. The van der Waals surface area contributed by atoms with Crippen LogP contribution in [0.15, 0.2) is 30.3 Å². The number of amides is 1. The van der Waals surface area contributed by atoms with Gasteiger partial charge in [0.1, 0.15) is 0 Å². The minimum Gasteiger partial charge on any atom is -0.374 e. The molecule has 8 heteroatoms. The molecule has 0 aliphatic heterocycles. The second-order valence-electron chi connectivity index (χ2n) is 4.23. The van der Waals surface area contributed by atoms with Crippen LogP contribution in [0.4, 0.5) is 24.5 Å². The van der Waals surface area contributed by atoms with Gasteiger partial charge in [0, 0.05) is 0 Å². The summed E-state index contributed by atoms with van der Waals surface area (Å²) in [6.07, 6.45) is 0. The predicted octanol–water partition coefficient (Wildman–Crippen LogP) is 4.46. The molecular formula is C14H9Cl2F3N2O. The molecule has 0 aliphatic rings. The lowest BCUT2D eigenvalue weighted by atomic mass is 10.2. The summed E-state index contributed by atoms with van der Waals surface area (Å²) < 4.78 is 39.2. The molecule has 2 aromatic carbocycles. The molecule has 0 aliphatic carbocycles. The number of benzene rings is 2. The average Bonchev–Trinajstić information content (AvgIpc) is 2.49. The maximum Gasteiger partial charge on any atom is 0.243 e. The Morgan fingerprint density at radius 3 is 2.45 bits per heavy atom. The van der Waals surface area contributed by atoms with Gasteiger partial charge in [-0.3, -0.25) is 4.79 Å². The van der Waals surface area contributed by atoms with Gasteiger partial charge in [-0.25, -0.2) is 13.2 Å². The molecule has 116 valence electrons. The smallest absolute Gasteiger partial charge is 0.243 e. The molecule has 0 atom stereocenters. The Morgan fingerprint density at radius 1 is 1.00 bits per heavy atom. The number of carbonyl (C=O) groups is 1. The fourth-order valence-corrected chi connectivity index (χ4v) is 1.98. The lowest BCUT2D eigenvalue weighted by Crippen LogP contribution is -2.22. The summed E-state index contributed by atoms with van der Waals surface area (Å²) in [6.45, 7) is -0.370. The van der Waals surface area contributed by atoms with E-state index in [4.69, 9.17) is 23.2 Å². The summed E-state index contributed by atoms with van der Waals surface area (Å²) in [6, 6.07) is 6.42. The minimum atomic E-state index is -1.61. The maximum absolute atomic E-state index is 13.4. The van der Waals surface area contributed by atoms with Crippen molar-refractivity contribution in [3.63, 3.8) is 0 Å². The topological polar surface area (TPSA) is 41.1 Å². The number of anilines is 2. The number of hydrogen-bond donors (Lipinski definition) is 2. The van der Waals surface area contributed by atoms with Gasteiger partial charge in [-0.15, -0.1) is 0 Å². The lowest BCUT2D eigenvalue weighted by Gasteiger charge is -2.10. The van der Waals surface area contributed by atoms with E-state index < -0.39 is 23.4 Å². The molecule has 0 radical (unpaired) electrons. The van der Waals surface area contributed by atoms with Crippen LogP contribution in [-0.2, 0) is 4.79 Å². The summed E-state index contributed by atoms with van der Waals surface area (Å²) in [5.41, 5.74) is -0.0435. The molecule has 0 saturated carbocycles. The van der Waals surface area contributed by atoms with E-state index in [1.807, 2.05) is 0 Å². The van der Waals surface area contributed by atoms with E-state index >= 15 is 0 Å². The Hall–Kier alpha value is -1.92. The second kappa shape index (κ2) is 6.89. The third-order valence-electron chi connectivity index (χ3n) is 2.70.